The third-order valence-corrected chi connectivity index (χ3v) is 13.9. The molecule has 2 aliphatic carbocycles. The van der Waals surface area contributed by atoms with Crippen LogP contribution in [0.15, 0.2) is 12.1 Å². The zero-order valence-electron chi connectivity index (χ0n) is 24.8. The molecule has 0 radical (unpaired) electrons. The molecule has 218 valence electrons. The van der Waals surface area contributed by atoms with Crippen LogP contribution < -0.4 is 0 Å². The van der Waals surface area contributed by atoms with Gasteiger partial charge in [-0.05, 0) is 67.2 Å². The van der Waals surface area contributed by atoms with Gasteiger partial charge in [0.25, 0.3) is 0 Å². The zero-order valence-corrected chi connectivity index (χ0v) is 26.5. The van der Waals surface area contributed by atoms with E-state index in [1.807, 2.05) is 0 Å². The van der Waals surface area contributed by atoms with Crippen molar-refractivity contribution in [2.75, 3.05) is 12.5 Å². The van der Waals surface area contributed by atoms with Crippen LogP contribution in [0.4, 0.5) is 13.2 Å². The number of pyridine rings is 1. The maximum Gasteiger partial charge on any atom is 0.425 e. The van der Waals surface area contributed by atoms with Crippen molar-refractivity contribution in [2.24, 2.45) is 5.41 Å². The molecule has 2 unspecified atom stereocenters. The van der Waals surface area contributed by atoms with Gasteiger partial charge >= 0.3 is 6.18 Å². The van der Waals surface area contributed by atoms with Gasteiger partial charge in [-0.2, -0.15) is 13.2 Å². The third-order valence-electron chi connectivity index (χ3n) is 9.10. The molecule has 5 rings (SSSR count). The molecule has 3 nitrogen and oxygen atoms in total. The largest absolute Gasteiger partial charge is 0.425 e. The van der Waals surface area contributed by atoms with Gasteiger partial charge < -0.3 is 8.92 Å². The molecule has 2 aromatic heterocycles. The van der Waals surface area contributed by atoms with Gasteiger partial charge in [-0.15, -0.1) is 21.6 Å². The first-order valence-corrected chi connectivity index (χ1v) is 17.4. The second kappa shape index (κ2) is 9.47. The lowest BCUT2D eigenvalue weighted by Gasteiger charge is -2.49. The van der Waals surface area contributed by atoms with E-state index in [1.165, 1.54) is 17.2 Å². The Morgan fingerprint density at radius 3 is 2.26 bits per heavy atom. The molecule has 1 fully saturated rings. The highest BCUT2D eigenvalue weighted by molar-refractivity contribution is 8.29. The van der Waals surface area contributed by atoms with Gasteiger partial charge in [-0.1, -0.05) is 61.3 Å². The number of rotatable bonds is 4. The summed E-state index contributed by atoms with van der Waals surface area (Å²) in [5.74, 6) is 0.120. The fraction of sp³-hybridized carbons (Fsp3) is 0.710. The Morgan fingerprint density at radius 2 is 1.72 bits per heavy atom. The predicted molar refractivity (Wildman–Crippen MR) is 156 cm³/mol. The van der Waals surface area contributed by atoms with E-state index in [2.05, 4.69) is 61.0 Å². The van der Waals surface area contributed by atoms with Gasteiger partial charge in [0.05, 0.1) is 11.7 Å². The van der Waals surface area contributed by atoms with E-state index in [1.54, 1.807) is 6.07 Å². The highest BCUT2D eigenvalue weighted by Gasteiger charge is 2.54. The minimum Gasteiger partial charge on any atom is -0.357 e. The Kier molecular flexibility index (Phi) is 7.14. The molecule has 2 atom stereocenters. The van der Waals surface area contributed by atoms with Gasteiger partial charge in [0.1, 0.15) is 11.0 Å². The second-order valence-corrected chi connectivity index (χ2v) is 19.2. The van der Waals surface area contributed by atoms with Crippen molar-refractivity contribution in [2.45, 2.75) is 122 Å². The van der Waals surface area contributed by atoms with Crippen molar-refractivity contribution in [1.82, 2.24) is 4.98 Å². The molecule has 1 aliphatic heterocycles. The number of nitrogens with zero attached hydrogens (tertiary/aromatic N) is 1. The number of fused-ring (bicyclic) bond motifs is 4. The maximum atomic E-state index is 13.6. The van der Waals surface area contributed by atoms with E-state index < -0.39 is 33.1 Å². The van der Waals surface area contributed by atoms with Crippen LogP contribution in [0.3, 0.4) is 0 Å². The summed E-state index contributed by atoms with van der Waals surface area (Å²) >= 11 is 0.810. The number of thiophene rings is 1. The van der Waals surface area contributed by atoms with Crippen molar-refractivity contribution in [1.29, 1.82) is 0 Å². The molecule has 1 spiro atoms. The Bertz CT molecular complexity index is 1250. The van der Waals surface area contributed by atoms with Crippen molar-refractivity contribution < 1.29 is 22.1 Å². The molecule has 2 aromatic rings. The van der Waals surface area contributed by atoms with Crippen LogP contribution in [-0.4, -0.2) is 22.2 Å². The molecule has 0 N–H and O–H groups in total. The van der Waals surface area contributed by atoms with E-state index in [-0.39, 0.29) is 22.2 Å². The van der Waals surface area contributed by atoms with E-state index in [0.29, 0.717) is 4.88 Å². The van der Waals surface area contributed by atoms with Crippen LogP contribution in [0.2, 0.25) is 0 Å². The summed E-state index contributed by atoms with van der Waals surface area (Å²) < 4.78 is 55.1. The summed E-state index contributed by atoms with van der Waals surface area (Å²) in [6, 6.07) is 2.82. The predicted octanol–water partition coefficient (Wildman–Crippen LogP) is 9.98. The highest BCUT2D eigenvalue weighted by Crippen LogP contribution is 2.64. The van der Waals surface area contributed by atoms with E-state index in [4.69, 9.17) is 13.9 Å². The van der Waals surface area contributed by atoms with Crippen molar-refractivity contribution in [3.05, 3.63) is 50.0 Å². The minimum atomic E-state index is -4.36. The topological polar surface area (TPSA) is 31.4 Å². The van der Waals surface area contributed by atoms with E-state index >= 15 is 0 Å². The Balaban J connectivity index is 1.76. The number of hydrogen-bond donors (Lipinski definition) is 0. The summed E-state index contributed by atoms with van der Waals surface area (Å²) in [5, 5.41) is 0. The molecule has 0 saturated heterocycles. The Labute approximate surface area is 237 Å². The van der Waals surface area contributed by atoms with Gasteiger partial charge in [-0.3, -0.25) is 4.98 Å². The number of hydrogen-bond acceptors (Lipinski definition) is 4. The van der Waals surface area contributed by atoms with Gasteiger partial charge in [0.15, 0.2) is 0 Å². The highest BCUT2D eigenvalue weighted by atomic mass is 32.3. The standard InChI is InChI=1S/C31H44F3NO2S2/c1-18(2)26-24-25(23-19(35-26)16-29(6,7)17-20(23)37-39(8,9)28(3,4)5)30(14-10-11-15-30)36-27(24)21-12-13-22(38-21)31(32,33)34/h12-13,18,20,27H,10-11,14-17H2,1-9H3. The maximum absolute atomic E-state index is 13.6. The van der Waals surface area contributed by atoms with Crippen molar-refractivity contribution in [3.63, 3.8) is 0 Å². The van der Waals surface area contributed by atoms with Gasteiger partial charge in [-0.25, -0.2) is 0 Å². The summed E-state index contributed by atoms with van der Waals surface area (Å²) in [6.07, 6.45) is 5.09. The first-order valence-electron chi connectivity index (χ1n) is 14.2. The van der Waals surface area contributed by atoms with Crippen LogP contribution in [0, 0.1) is 5.41 Å². The van der Waals surface area contributed by atoms with E-state index in [9.17, 15) is 13.2 Å². The third kappa shape index (κ3) is 5.10. The molecular formula is C31H44F3NO2S2. The number of halogens is 3. The Hall–Kier alpha value is -1.09. The van der Waals surface area contributed by atoms with Crippen LogP contribution in [0.5, 0.6) is 0 Å². The van der Waals surface area contributed by atoms with Gasteiger partial charge in [0.2, 0.25) is 0 Å². The van der Waals surface area contributed by atoms with Crippen LogP contribution in [0.1, 0.15) is 137 Å². The molecule has 3 heterocycles. The average molecular weight is 584 g/mol. The molecule has 8 heteroatoms. The summed E-state index contributed by atoms with van der Waals surface area (Å²) in [7, 11) is -1.44. The monoisotopic (exact) mass is 583 g/mol. The lowest BCUT2D eigenvalue weighted by atomic mass is 9.70. The van der Waals surface area contributed by atoms with Crippen LogP contribution in [0.25, 0.3) is 0 Å². The SMILES string of the molecule is CC(C)c1nc2c(c3c1C(c1ccc(C(F)(F)F)s1)OC31CCCC1)C(OS(C)(C)C(C)(C)C)CC(C)(C)C2. The lowest BCUT2D eigenvalue weighted by molar-refractivity contribution is -0.134. The van der Waals surface area contributed by atoms with E-state index in [0.717, 1.165) is 66.8 Å². The van der Waals surface area contributed by atoms with Crippen molar-refractivity contribution in [3.8, 4) is 0 Å². The Morgan fingerprint density at radius 1 is 1.08 bits per heavy atom. The first-order chi connectivity index (χ1) is 17.9. The van der Waals surface area contributed by atoms with Gasteiger partial charge in [0, 0.05) is 32.1 Å². The molecule has 0 amide bonds. The fourth-order valence-corrected chi connectivity index (χ4v) is 8.46. The normalized spacial score (nSPS) is 24.8. The summed E-state index contributed by atoms with van der Waals surface area (Å²) in [6.45, 7) is 15.6. The number of aromatic nitrogens is 1. The van der Waals surface area contributed by atoms with Crippen molar-refractivity contribution >= 4 is 21.6 Å². The fourth-order valence-electron chi connectivity index (χ4n) is 6.51. The molecule has 0 bridgehead atoms. The number of alkyl halides is 3. The molecule has 3 aliphatic rings. The molecular weight excluding hydrogens is 539 g/mol. The smallest absolute Gasteiger partial charge is 0.357 e. The molecule has 39 heavy (non-hydrogen) atoms. The average Bonchev–Trinajstić information content (AvgIpc) is 3.51. The molecule has 0 aromatic carbocycles. The first kappa shape index (κ1) is 29.4. The number of ether oxygens (including phenoxy) is 1. The summed E-state index contributed by atoms with van der Waals surface area (Å²) in [4.78, 5) is 5.38. The second-order valence-electron chi connectivity index (χ2n) is 14.2. The molecule has 1 saturated carbocycles. The van der Waals surface area contributed by atoms with Crippen LogP contribution in [-0.2, 0) is 27.1 Å². The van der Waals surface area contributed by atoms with Crippen LogP contribution >= 0.6 is 21.6 Å². The lowest BCUT2D eigenvalue weighted by Crippen LogP contribution is -2.35. The zero-order chi connectivity index (χ0) is 28.8. The minimum absolute atomic E-state index is 0.00171. The quantitative estimate of drug-likeness (QED) is 0.359. The summed E-state index contributed by atoms with van der Waals surface area (Å²) in [5.41, 5.74) is 4.99.